The predicted octanol–water partition coefficient (Wildman–Crippen LogP) is 1.82. The Hall–Kier alpha value is -1.47. The average Bonchev–Trinajstić information content (AvgIpc) is 2.56. The van der Waals surface area contributed by atoms with E-state index >= 15 is 0 Å². The fourth-order valence-electron chi connectivity index (χ4n) is 1.67. The molecule has 6 heteroatoms. The molecule has 0 aromatic heterocycles. The van der Waals surface area contributed by atoms with Crippen LogP contribution in [-0.4, -0.2) is 58.8 Å². The summed E-state index contributed by atoms with van der Waals surface area (Å²) in [5, 5.41) is 0. The van der Waals surface area contributed by atoms with E-state index in [1.807, 2.05) is 30.3 Å². The summed E-state index contributed by atoms with van der Waals surface area (Å²) in [6, 6.07) is 10.0. The molecule has 130 valence electrons. The number of rotatable bonds is 14. The van der Waals surface area contributed by atoms with Gasteiger partial charge in [0.05, 0.1) is 52.9 Å². The molecule has 1 aromatic rings. The van der Waals surface area contributed by atoms with Crippen LogP contribution in [0.3, 0.4) is 0 Å². The Labute approximate surface area is 137 Å². The molecule has 0 bridgehead atoms. The highest BCUT2D eigenvalue weighted by molar-refractivity contribution is 5.65. The van der Waals surface area contributed by atoms with Crippen LogP contribution in [0.25, 0.3) is 0 Å². The second-order valence-corrected chi connectivity index (χ2v) is 4.72. The number of hydrogen-bond donors (Lipinski definition) is 0. The van der Waals surface area contributed by atoms with Crippen molar-refractivity contribution in [3.8, 4) is 0 Å². The van der Waals surface area contributed by atoms with Crippen molar-refractivity contribution in [2.75, 3.05) is 52.9 Å². The molecule has 0 aliphatic heterocycles. The zero-order valence-corrected chi connectivity index (χ0v) is 13.7. The Balaban J connectivity index is 1.74. The molecule has 0 heterocycles. The Morgan fingerprint density at radius 1 is 0.739 bits per heavy atom. The van der Waals surface area contributed by atoms with Gasteiger partial charge in [-0.05, 0) is 5.56 Å². The zero-order valence-electron chi connectivity index (χ0n) is 13.7. The molecule has 0 saturated heterocycles. The maximum atomic E-state index is 10.5. The van der Waals surface area contributed by atoms with Crippen LogP contribution in [-0.2, 0) is 35.1 Å². The minimum Gasteiger partial charge on any atom is -0.463 e. The summed E-state index contributed by atoms with van der Waals surface area (Å²) >= 11 is 0. The van der Waals surface area contributed by atoms with E-state index < -0.39 is 0 Å². The molecule has 0 aliphatic carbocycles. The van der Waals surface area contributed by atoms with Gasteiger partial charge in [0.2, 0.25) is 0 Å². The van der Waals surface area contributed by atoms with Crippen LogP contribution in [0, 0.1) is 0 Å². The molecule has 0 unspecified atom stereocenters. The van der Waals surface area contributed by atoms with Gasteiger partial charge in [-0.1, -0.05) is 30.3 Å². The lowest BCUT2D eigenvalue weighted by atomic mass is 10.2. The second kappa shape index (κ2) is 14.1. The van der Waals surface area contributed by atoms with Gasteiger partial charge in [-0.3, -0.25) is 4.79 Å². The molecule has 23 heavy (non-hydrogen) atoms. The van der Waals surface area contributed by atoms with Gasteiger partial charge in [0.1, 0.15) is 6.61 Å². The molecule has 0 fully saturated rings. The lowest BCUT2D eigenvalue weighted by Crippen LogP contribution is -2.13. The lowest BCUT2D eigenvalue weighted by Gasteiger charge is -2.07. The molecule has 0 atom stereocenters. The molecule has 1 aromatic carbocycles. The van der Waals surface area contributed by atoms with Crippen molar-refractivity contribution in [1.29, 1.82) is 0 Å². The Kier molecular flexibility index (Phi) is 12.0. The predicted molar refractivity (Wildman–Crippen MR) is 85.2 cm³/mol. The molecule has 0 saturated carbocycles. The summed E-state index contributed by atoms with van der Waals surface area (Å²) in [6.07, 6.45) is 0. The van der Waals surface area contributed by atoms with Crippen LogP contribution in [0.15, 0.2) is 30.3 Å². The first-order valence-corrected chi connectivity index (χ1v) is 7.77. The summed E-state index contributed by atoms with van der Waals surface area (Å²) in [4.78, 5) is 10.5. The van der Waals surface area contributed by atoms with E-state index in [-0.39, 0.29) is 12.6 Å². The van der Waals surface area contributed by atoms with E-state index in [2.05, 4.69) is 0 Å². The average molecular weight is 326 g/mol. The number of esters is 1. The van der Waals surface area contributed by atoms with Crippen LogP contribution in [0.5, 0.6) is 0 Å². The third-order valence-electron chi connectivity index (χ3n) is 2.76. The number of carbonyl (C=O) groups is 1. The molecule has 0 amide bonds. The Morgan fingerprint density at radius 2 is 1.22 bits per heavy atom. The summed E-state index contributed by atoms with van der Waals surface area (Å²) in [5.74, 6) is -0.297. The standard InChI is InChI=1S/C17H26O6/c1-16(18)23-14-13-21-10-9-19-7-8-20-11-12-22-15-17-5-3-2-4-6-17/h2-6H,7-15H2,1H3. The number of hydrogen-bond acceptors (Lipinski definition) is 6. The lowest BCUT2D eigenvalue weighted by molar-refractivity contribution is -0.142. The number of ether oxygens (including phenoxy) is 5. The highest BCUT2D eigenvalue weighted by Crippen LogP contribution is 1.99. The van der Waals surface area contributed by atoms with Gasteiger partial charge in [-0.2, -0.15) is 0 Å². The van der Waals surface area contributed by atoms with E-state index in [4.69, 9.17) is 23.7 Å². The van der Waals surface area contributed by atoms with Crippen molar-refractivity contribution in [3.63, 3.8) is 0 Å². The first-order chi connectivity index (χ1) is 11.3. The van der Waals surface area contributed by atoms with Gasteiger partial charge >= 0.3 is 5.97 Å². The fourth-order valence-corrected chi connectivity index (χ4v) is 1.67. The minimum atomic E-state index is -0.297. The van der Waals surface area contributed by atoms with E-state index in [0.717, 1.165) is 5.56 Å². The Morgan fingerprint density at radius 3 is 1.74 bits per heavy atom. The van der Waals surface area contributed by atoms with Gasteiger partial charge < -0.3 is 23.7 Å². The van der Waals surface area contributed by atoms with Crippen LogP contribution in [0.1, 0.15) is 12.5 Å². The normalized spacial score (nSPS) is 10.7. The smallest absolute Gasteiger partial charge is 0.302 e. The maximum Gasteiger partial charge on any atom is 0.302 e. The molecule has 0 spiro atoms. The van der Waals surface area contributed by atoms with Gasteiger partial charge in [0.25, 0.3) is 0 Å². The molecule has 0 aliphatic rings. The summed E-state index contributed by atoms with van der Waals surface area (Å²) in [5.41, 5.74) is 1.16. The van der Waals surface area contributed by atoms with Gasteiger partial charge in [-0.25, -0.2) is 0 Å². The first kappa shape index (κ1) is 19.6. The second-order valence-electron chi connectivity index (χ2n) is 4.72. The van der Waals surface area contributed by atoms with Crippen molar-refractivity contribution >= 4 is 5.97 Å². The molecule has 0 N–H and O–H groups in total. The van der Waals surface area contributed by atoms with E-state index in [1.54, 1.807) is 0 Å². The summed E-state index contributed by atoms with van der Waals surface area (Å²) < 4.78 is 26.2. The third kappa shape index (κ3) is 12.7. The van der Waals surface area contributed by atoms with Crippen molar-refractivity contribution < 1.29 is 28.5 Å². The van der Waals surface area contributed by atoms with Crippen LogP contribution >= 0.6 is 0 Å². The van der Waals surface area contributed by atoms with Gasteiger partial charge in [0, 0.05) is 6.92 Å². The monoisotopic (exact) mass is 326 g/mol. The first-order valence-electron chi connectivity index (χ1n) is 7.77. The van der Waals surface area contributed by atoms with Crippen LogP contribution in [0.2, 0.25) is 0 Å². The van der Waals surface area contributed by atoms with Gasteiger partial charge in [-0.15, -0.1) is 0 Å². The minimum absolute atomic E-state index is 0.279. The summed E-state index contributed by atoms with van der Waals surface area (Å²) in [6.45, 7) is 5.77. The summed E-state index contributed by atoms with van der Waals surface area (Å²) in [7, 11) is 0. The molecular weight excluding hydrogens is 300 g/mol. The molecular formula is C17H26O6. The van der Waals surface area contributed by atoms with Crippen molar-refractivity contribution in [2.24, 2.45) is 0 Å². The number of carbonyl (C=O) groups excluding carboxylic acids is 1. The largest absolute Gasteiger partial charge is 0.463 e. The molecule has 1 rings (SSSR count). The SMILES string of the molecule is CC(=O)OCCOCCOCCOCCOCc1ccccc1. The maximum absolute atomic E-state index is 10.5. The van der Waals surface area contributed by atoms with Crippen molar-refractivity contribution in [2.45, 2.75) is 13.5 Å². The zero-order chi connectivity index (χ0) is 16.6. The van der Waals surface area contributed by atoms with E-state index in [0.29, 0.717) is 52.9 Å². The van der Waals surface area contributed by atoms with Crippen molar-refractivity contribution in [1.82, 2.24) is 0 Å². The van der Waals surface area contributed by atoms with Crippen molar-refractivity contribution in [3.05, 3.63) is 35.9 Å². The van der Waals surface area contributed by atoms with Crippen LogP contribution < -0.4 is 0 Å². The molecule has 0 radical (unpaired) electrons. The fraction of sp³-hybridized carbons (Fsp3) is 0.588. The highest BCUT2D eigenvalue weighted by Gasteiger charge is 1.95. The number of benzene rings is 1. The highest BCUT2D eigenvalue weighted by atomic mass is 16.6. The van der Waals surface area contributed by atoms with E-state index in [9.17, 15) is 4.79 Å². The topological polar surface area (TPSA) is 63.2 Å². The van der Waals surface area contributed by atoms with E-state index in [1.165, 1.54) is 6.92 Å². The Bertz CT molecular complexity index is 395. The third-order valence-corrected chi connectivity index (χ3v) is 2.76. The molecule has 6 nitrogen and oxygen atoms in total. The quantitative estimate of drug-likeness (QED) is 0.384. The van der Waals surface area contributed by atoms with Crippen LogP contribution in [0.4, 0.5) is 0 Å². The van der Waals surface area contributed by atoms with Gasteiger partial charge in [0.15, 0.2) is 0 Å².